The summed E-state index contributed by atoms with van der Waals surface area (Å²) in [5.74, 6) is -0.0299. The van der Waals surface area contributed by atoms with Crippen LogP contribution in [-0.2, 0) is 6.54 Å². The minimum atomic E-state index is -0.0299. The Hall–Kier alpha value is -1.55. The summed E-state index contributed by atoms with van der Waals surface area (Å²) in [7, 11) is 0. The van der Waals surface area contributed by atoms with Crippen LogP contribution in [0.3, 0.4) is 0 Å². The van der Waals surface area contributed by atoms with E-state index in [4.69, 9.17) is 0 Å². The molecule has 4 heteroatoms. The molecule has 1 heterocycles. The van der Waals surface area contributed by atoms with Gasteiger partial charge < -0.3 is 9.88 Å². The normalized spacial score (nSPS) is 10.3. The number of carbonyl (C=O) groups is 1. The largest absolute Gasteiger partial charge is 0.353 e. The van der Waals surface area contributed by atoms with E-state index in [0.717, 1.165) is 16.6 Å². The molecule has 2 aromatic rings. The molecule has 1 amide bonds. The lowest BCUT2D eigenvalue weighted by atomic mass is 10.1. The van der Waals surface area contributed by atoms with E-state index in [9.17, 15) is 4.79 Å². The molecule has 0 saturated heterocycles. The summed E-state index contributed by atoms with van der Waals surface area (Å²) >= 11 is 3.42. The quantitative estimate of drug-likeness (QED) is 0.926. The number of nitrogens with one attached hydrogen (secondary N) is 1. The Kier molecular flexibility index (Phi) is 4.20. The number of aryl methyl sites for hydroxylation is 1. The summed E-state index contributed by atoms with van der Waals surface area (Å²) in [6.45, 7) is 3.39. The predicted molar refractivity (Wildman–Crippen MR) is 75.6 cm³/mol. The third-order valence-corrected chi connectivity index (χ3v) is 3.63. The van der Waals surface area contributed by atoms with Gasteiger partial charge in [0.15, 0.2) is 0 Å². The van der Waals surface area contributed by atoms with Crippen LogP contribution in [0.4, 0.5) is 0 Å². The van der Waals surface area contributed by atoms with Crippen molar-refractivity contribution in [1.29, 1.82) is 0 Å². The summed E-state index contributed by atoms with van der Waals surface area (Å²) in [4.78, 5) is 11.9. The van der Waals surface area contributed by atoms with Crippen LogP contribution < -0.4 is 5.32 Å². The first-order valence-electron chi connectivity index (χ1n) is 5.82. The molecule has 2 rings (SSSR count). The smallest absolute Gasteiger partial charge is 0.251 e. The van der Waals surface area contributed by atoms with Gasteiger partial charge in [-0.1, -0.05) is 15.9 Å². The maximum Gasteiger partial charge on any atom is 0.251 e. The number of halogens is 1. The van der Waals surface area contributed by atoms with Crippen molar-refractivity contribution in [2.75, 3.05) is 6.54 Å². The molecule has 0 saturated carbocycles. The highest BCUT2D eigenvalue weighted by Gasteiger charge is 2.06. The van der Waals surface area contributed by atoms with Crippen molar-refractivity contribution in [3.05, 3.63) is 58.3 Å². The van der Waals surface area contributed by atoms with Gasteiger partial charge in [-0.3, -0.25) is 4.79 Å². The van der Waals surface area contributed by atoms with Gasteiger partial charge in [0.25, 0.3) is 5.91 Å². The van der Waals surface area contributed by atoms with Crippen LogP contribution in [0, 0.1) is 6.92 Å². The maximum absolute atomic E-state index is 11.9. The molecule has 94 valence electrons. The second-order valence-electron chi connectivity index (χ2n) is 4.14. The van der Waals surface area contributed by atoms with E-state index in [0.29, 0.717) is 12.1 Å². The maximum atomic E-state index is 11.9. The lowest BCUT2D eigenvalue weighted by molar-refractivity contribution is 0.0952. The summed E-state index contributed by atoms with van der Waals surface area (Å²) in [6, 6.07) is 9.55. The molecule has 0 aliphatic carbocycles. The third-order valence-electron chi connectivity index (χ3n) is 2.74. The molecule has 0 radical (unpaired) electrons. The van der Waals surface area contributed by atoms with Crippen LogP contribution in [0.1, 0.15) is 15.9 Å². The minimum Gasteiger partial charge on any atom is -0.353 e. The van der Waals surface area contributed by atoms with Gasteiger partial charge in [0, 0.05) is 35.5 Å². The molecule has 0 aliphatic heterocycles. The van der Waals surface area contributed by atoms with Gasteiger partial charge in [-0.15, -0.1) is 0 Å². The van der Waals surface area contributed by atoms with E-state index in [1.54, 1.807) is 0 Å². The van der Waals surface area contributed by atoms with Gasteiger partial charge in [-0.2, -0.15) is 0 Å². The van der Waals surface area contributed by atoms with Crippen molar-refractivity contribution in [1.82, 2.24) is 9.88 Å². The fourth-order valence-corrected chi connectivity index (χ4v) is 1.95. The van der Waals surface area contributed by atoms with E-state index in [1.807, 2.05) is 54.2 Å². The predicted octanol–water partition coefficient (Wildman–Crippen LogP) is 2.99. The van der Waals surface area contributed by atoms with Crippen molar-refractivity contribution >= 4 is 21.8 Å². The van der Waals surface area contributed by atoms with E-state index in [1.165, 1.54) is 0 Å². The number of hydrogen-bond acceptors (Lipinski definition) is 1. The standard InChI is InChI=1S/C14H15BrN2O/c1-11-10-12(4-5-13(11)15)14(18)16-6-9-17-7-2-3-8-17/h2-5,7-8,10H,6,9H2,1H3,(H,16,18). The van der Waals surface area contributed by atoms with Gasteiger partial charge in [0.2, 0.25) is 0 Å². The molecular formula is C14H15BrN2O. The van der Waals surface area contributed by atoms with E-state index >= 15 is 0 Å². The Bertz CT molecular complexity index is 535. The molecule has 18 heavy (non-hydrogen) atoms. The van der Waals surface area contributed by atoms with Gasteiger partial charge in [-0.05, 0) is 42.8 Å². The Morgan fingerprint density at radius 1 is 1.33 bits per heavy atom. The Morgan fingerprint density at radius 2 is 2.06 bits per heavy atom. The number of benzene rings is 1. The highest BCUT2D eigenvalue weighted by atomic mass is 79.9. The first-order valence-corrected chi connectivity index (χ1v) is 6.61. The second kappa shape index (κ2) is 5.87. The van der Waals surface area contributed by atoms with E-state index in [-0.39, 0.29) is 5.91 Å². The molecule has 1 aromatic carbocycles. The molecular weight excluding hydrogens is 292 g/mol. The molecule has 1 aromatic heterocycles. The molecule has 0 atom stereocenters. The van der Waals surface area contributed by atoms with Crippen LogP contribution in [0.15, 0.2) is 47.2 Å². The number of nitrogens with zero attached hydrogens (tertiary/aromatic N) is 1. The topological polar surface area (TPSA) is 34.0 Å². The highest BCUT2D eigenvalue weighted by Crippen LogP contribution is 2.16. The van der Waals surface area contributed by atoms with Crippen molar-refractivity contribution in [2.45, 2.75) is 13.5 Å². The SMILES string of the molecule is Cc1cc(C(=O)NCCn2cccc2)ccc1Br. The second-order valence-corrected chi connectivity index (χ2v) is 5.00. The van der Waals surface area contributed by atoms with Crippen molar-refractivity contribution in [2.24, 2.45) is 0 Å². The average Bonchev–Trinajstić information content (AvgIpc) is 2.85. The third kappa shape index (κ3) is 3.23. The van der Waals surface area contributed by atoms with Crippen molar-refractivity contribution in [3.63, 3.8) is 0 Å². The zero-order valence-electron chi connectivity index (χ0n) is 10.2. The zero-order valence-corrected chi connectivity index (χ0v) is 11.8. The molecule has 0 aliphatic rings. The van der Waals surface area contributed by atoms with Crippen molar-refractivity contribution < 1.29 is 4.79 Å². The van der Waals surface area contributed by atoms with Crippen LogP contribution in [0.5, 0.6) is 0 Å². The van der Waals surface area contributed by atoms with E-state index in [2.05, 4.69) is 21.2 Å². The summed E-state index contributed by atoms with van der Waals surface area (Å²) < 4.78 is 3.05. The molecule has 0 bridgehead atoms. The highest BCUT2D eigenvalue weighted by molar-refractivity contribution is 9.10. The summed E-state index contributed by atoms with van der Waals surface area (Å²) in [5.41, 5.74) is 1.76. The van der Waals surface area contributed by atoms with Crippen LogP contribution in [0.2, 0.25) is 0 Å². The Labute approximate surface area is 115 Å². The summed E-state index contributed by atoms with van der Waals surface area (Å²) in [6.07, 6.45) is 3.96. The number of carbonyl (C=O) groups excluding carboxylic acids is 1. The first-order chi connectivity index (χ1) is 8.66. The van der Waals surface area contributed by atoms with Crippen LogP contribution >= 0.6 is 15.9 Å². The molecule has 0 spiro atoms. The van der Waals surface area contributed by atoms with Gasteiger partial charge >= 0.3 is 0 Å². The lowest BCUT2D eigenvalue weighted by Crippen LogP contribution is -2.27. The molecule has 0 unspecified atom stereocenters. The van der Waals surface area contributed by atoms with Gasteiger partial charge in [0.05, 0.1) is 0 Å². The fourth-order valence-electron chi connectivity index (χ4n) is 1.71. The van der Waals surface area contributed by atoms with Gasteiger partial charge in [0.1, 0.15) is 0 Å². The van der Waals surface area contributed by atoms with Crippen LogP contribution in [-0.4, -0.2) is 17.0 Å². The first kappa shape index (κ1) is 12.9. The molecule has 3 nitrogen and oxygen atoms in total. The molecule has 1 N–H and O–H groups in total. The molecule has 0 fully saturated rings. The number of rotatable bonds is 4. The minimum absolute atomic E-state index is 0.0299. The summed E-state index contributed by atoms with van der Waals surface area (Å²) in [5, 5.41) is 2.91. The number of amides is 1. The van der Waals surface area contributed by atoms with E-state index < -0.39 is 0 Å². The van der Waals surface area contributed by atoms with Gasteiger partial charge in [-0.25, -0.2) is 0 Å². The average molecular weight is 307 g/mol. The number of hydrogen-bond donors (Lipinski definition) is 1. The zero-order chi connectivity index (χ0) is 13.0. The lowest BCUT2D eigenvalue weighted by Gasteiger charge is -2.07. The Balaban J connectivity index is 1.89. The monoisotopic (exact) mass is 306 g/mol. The van der Waals surface area contributed by atoms with Crippen LogP contribution in [0.25, 0.3) is 0 Å². The fraction of sp³-hybridized carbons (Fsp3) is 0.214. The van der Waals surface area contributed by atoms with Crippen molar-refractivity contribution in [3.8, 4) is 0 Å². The number of aromatic nitrogens is 1. The Morgan fingerprint density at radius 3 is 2.72 bits per heavy atom.